The zero-order chi connectivity index (χ0) is 41.0. The van der Waals surface area contributed by atoms with Crippen molar-refractivity contribution in [3.63, 3.8) is 0 Å². The largest absolute Gasteiger partial charge is 0.455 e. The number of benzene rings is 11. The van der Waals surface area contributed by atoms with Gasteiger partial charge < -0.3 is 9.32 Å². The molecule has 12 rings (SSSR count). The van der Waals surface area contributed by atoms with Crippen molar-refractivity contribution in [3.8, 4) is 44.5 Å². The highest BCUT2D eigenvalue weighted by molar-refractivity contribution is 6.19. The van der Waals surface area contributed by atoms with E-state index in [-0.39, 0.29) is 0 Å². The van der Waals surface area contributed by atoms with E-state index in [1.807, 2.05) is 6.07 Å². The standard InChI is InChI=1S/C60H39NO/c1-3-17-49-42(12-1)14-9-21-51(49)44-28-26-40(27-29-44)41-30-35-47(36-31-41)61(48-37-32-45(33-38-48)52-22-10-15-43-13-2-4-18-50(43)52)57-24-7-5-19-53(57)55-23-11-16-46-34-39-56-54-20-6-8-25-58(54)62-60(56)59(46)55/h1-39H. The van der Waals surface area contributed by atoms with Crippen LogP contribution in [-0.4, -0.2) is 0 Å². The van der Waals surface area contributed by atoms with Crippen molar-refractivity contribution in [1.29, 1.82) is 0 Å². The number of rotatable bonds is 7. The van der Waals surface area contributed by atoms with Gasteiger partial charge in [-0.1, -0.05) is 194 Å². The van der Waals surface area contributed by atoms with Gasteiger partial charge in [-0.2, -0.15) is 0 Å². The summed E-state index contributed by atoms with van der Waals surface area (Å²) in [7, 11) is 0. The van der Waals surface area contributed by atoms with E-state index in [0.29, 0.717) is 0 Å². The highest BCUT2D eigenvalue weighted by Crippen LogP contribution is 2.46. The van der Waals surface area contributed by atoms with Gasteiger partial charge >= 0.3 is 0 Å². The van der Waals surface area contributed by atoms with E-state index in [4.69, 9.17) is 4.42 Å². The van der Waals surface area contributed by atoms with Crippen LogP contribution in [0.2, 0.25) is 0 Å². The molecular formula is C60H39NO. The lowest BCUT2D eigenvalue weighted by Crippen LogP contribution is -2.11. The minimum absolute atomic E-state index is 0.897. The monoisotopic (exact) mass is 789 g/mol. The second-order valence-electron chi connectivity index (χ2n) is 16.0. The molecule has 0 N–H and O–H groups in total. The molecule has 2 heteroatoms. The SMILES string of the molecule is c1ccc(N(c2ccc(-c3ccc(-c4cccc5ccccc45)cc3)cc2)c2ccc(-c3cccc4ccccc34)cc2)c(-c2cccc3ccc4c5ccccc5oc4c23)c1. The van der Waals surface area contributed by atoms with Crippen molar-refractivity contribution in [1.82, 2.24) is 0 Å². The summed E-state index contributed by atoms with van der Waals surface area (Å²) >= 11 is 0. The van der Waals surface area contributed by atoms with Gasteiger partial charge in [0, 0.05) is 33.1 Å². The molecule has 62 heavy (non-hydrogen) atoms. The van der Waals surface area contributed by atoms with Crippen LogP contribution in [0.1, 0.15) is 0 Å². The van der Waals surface area contributed by atoms with E-state index in [1.165, 1.54) is 54.9 Å². The maximum absolute atomic E-state index is 6.68. The average molecular weight is 790 g/mol. The van der Waals surface area contributed by atoms with Crippen molar-refractivity contribution in [2.45, 2.75) is 0 Å². The topological polar surface area (TPSA) is 16.4 Å². The van der Waals surface area contributed by atoms with Crippen LogP contribution in [0.5, 0.6) is 0 Å². The van der Waals surface area contributed by atoms with Gasteiger partial charge in [-0.15, -0.1) is 0 Å². The molecule has 0 aliphatic rings. The summed E-state index contributed by atoms with van der Waals surface area (Å²) < 4.78 is 6.68. The third-order valence-corrected chi connectivity index (χ3v) is 12.5. The predicted octanol–water partition coefficient (Wildman–Crippen LogP) is 17.2. The van der Waals surface area contributed by atoms with Crippen LogP contribution in [0, 0.1) is 0 Å². The van der Waals surface area contributed by atoms with Gasteiger partial charge in [0.1, 0.15) is 11.2 Å². The minimum Gasteiger partial charge on any atom is -0.455 e. The van der Waals surface area contributed by atoms with Crippen LogP contribution in [0.25, 0.3) is 98.8 Å². The average Bonchev–Trinajstić information content (AvgIpc) is 3.73. The maximum Gasteiger partial charge on any atom is 0.143 e. The number of hydrogen-bond donors (Lipinski definition) is 0. The van der Waals surface area contributed by atoms with Gasteiger partial charge in [0.05, 0.1) is 5.69 Å². The van der Waals surface area contributed by atoms with E-state index >= 15 is 0 Å². The number of fused-ring (bicyclic) bond motifs is 7. The first-order valence-corrected chi connectivity index (χ1v) is 21.2. The van der Waals surface area contributed by atoms with Crippen LogP contribution in [0.3, 0.4) is 0 Å². The van der Waals surface area contributed by atoms with Crippen molar-refractivity contribution in [3.05, 3.63) is 237 Å². The summed E-state index contributed by atoms with van der Waals surface area (Å²) in [6, 6.07) is 85.4. The molecule has 0 radical (unpaired) electrons. The highest BCUT2D eigenvalue weighted by Gasteiger charge is 2.21. The summed E-state index contributed by atoms with van der Waals surface area (Å²) in [5.41, 5.74) is 14.5. The molecule has 290 valence electrons. The van der Waals surface area contributed by atoms with Crippen molar-refractivity contribution < 1.29 is 4.42 Å². The van der Waals surface area contributed by atoms with E-state index in [9.17, 15) is 0 Å². The molecule has 12 aromatic rings. The molecule has 2 nitrogen and oxygen atoms in total. The Morgan fingerprint density at radius 3 is 1.37 bits per heavy atom. The molecular weight excluding hydrogens is 751 g/mol. The first-order chi connectivity index (χ1) is 30.7. The zero-order valence-corrected chi connectivity index (χ0v) is 33.9. The number of para-hydroxylation sites is 2. The van der Waals surface area contributed by atoms with Crippen LogP contribution in [0.4, 0.5) is 17.1 Å². The van der Waals surface area contributed by atoms with E-state index in [2.05, 4.69) is 235 Å². The molecule has 1 aromatic heterocycles. The Morgan fingerprint density at radius 2 is 0.726 bits per heavy atom. The number of anilines is 3. The smallest absolute Gasteiger partial charge is 0.143 e. The zero-order valence-electron chi connectivity index (χ0n) is 33.9. The Labute approximate surface area is 360 Å². The van der Waals surface area contributed by atoms with Crippen LogP contribution in [-0.2, 0) is 0 Å². The number of furan rings is 1. The third kappa shape index (κ3) is 6.04. The maximum atomic E-state index is 6.68. The molecule has 0 aliphatic carbocycles. The molecule has 0 atom stereocenters. The molecule has 0 spiro atoms. The van der Waals surface area contributed by atoms with Crippen molar-refractivity contribution in [2.24, 2.45) is 0 Å². The normalized spacial score (nSPS) is 11.5. The fourth-order valence-electron chi connectivity index (χ4n) is 9.49. The van der Waals surface area contributed by atoms with Gasteiger partial charge in [0.25, 0.3) is 0 Å². The van der Waals surface area contributed by atoms with Crippen molar-refractivity contribution in [2.75, 3.05) is 4.90 Å². The Morgan fingerprint density at radius 1 is 0.274 bits per heavy atom. The first kappa shape index (κ1) is 35.7. The van der Waals surface area contributed by atoms with Gasteiger partial charge in [-0.05, 0) is 108 Å². The highest BCUT2D eigenvalue weighted by atomic mass is 16.3. The summed E-state index contributed by atoms with van der Waals surface area (Å²) in [5.74, 6) is 0. The van der Waals surface area contributed by atoms with Gasteiger partial charge in [0.2, 0.25) is 0 Å². The molecule has 0 amide bonds. The van der Waals surface area contributed by atoms with Gasteiger partial charge in [-0.3, -0.25) is 0 Å². The van der Waals surface area contributed by atoms with E-state index < -0.39 is 0 Å². The summed E-state index contributed by atoms with van der Waals surface area (Å²) in [5, 5.41) is 9.52. The minimum atomic E-state index is 0.897. The van der Waals surface area contributed by atoms with Crippen molar-refractivity contribution >= 4 is 71.3 Å². The lowest BCUT2D eigenvalue weighted by Gasteiger charge is -2.28. The summed E-state index contributed by atoms with van der Waals surface area (Å²) in [6.07, 6.45) is 0. The first-order valence-electron chi connectivity index (χ1n) is 21.2. The molecule has 0 saturated heterocycles. The molecule has 0 bridgehead atoms. The second-order valence-corrected chi connectivity index (χ2v) is 16.0. The Hall–Kier alpha value is -8.20. The third-order valence-electron chi connectivity index (χ3n) is 12.5. The predicted molar refractivity (Wildman–Crippen MR) is 263 cm³/mol. The summed E-state index contributed by atoms with van der Waals surface area (Å²) in [6.45, 7) is 0. The van der Waals surface area contributed by atoms with E-state index in [0.717, 1.165) is 60.9 Å². The number of nitrogens with zero attached hydrogens (tertiary/aromatic N) is 1. The quantitative estimate of drug-likeness (QED) is 0.160. The molecule has 0 saturated carbocycles. The van der Waals surface area contributed by atoms with Crippen LogP contribution in [0.15, 0.2) is 241 Å². The molecule has 0 fully saturated rings. The molecule has 0 aliphatic heterocycles. The second kappa shape index (κ2) is 14.8. The number of hydrogen-bond acceptors (Lipinski definition) is 2. The Kier molecular flexibility index (Phi) is 8.53. The van der Waals surface area contributed by atoms with Gasteiger partial charge in [0.15, 0.2) is 0 Å². The lowest BCUT2D eigenvalue weighted by molar-refractivity contribution is 0.673. The van der Waals surface area contributed by atoms with Gasteiger partial charge in [-0.25, -0.2) is 0 Å². The Bertz CT molecular complexity index is 3610. The molecule has 0 unspecified atom stereocenters. The van der Waals surface area contributed by atoms with E-state index in [1.54, 1.807) is 0 Å². The van der Waals surface area contributed by atoms with Crippen LogP contribution >= 0.6 is 0 Å². The fraction of sp³-hybridized carbons (Fsp3) is 0. The van der Waals surface area contributed by atoms with Crippen LogP contribution < -0.4 is 4.90 Å². The fourth-order valence-corrected chi connectivity index (χ4v) is 9.49. The molecule has 1 heterocycles. The lowest BCUT2D eigenvalue weighted by atomic mass is 9.94. The Balaban J connectivity index is 0.988. The summed E-state index contributed by atoms with van der Waals surface area (Å²) in [4.78, 5) is 2.40. The molecule has 11 aromatic carbocycles.